The van der Waals surface area contributed by atoms with Gasteiger partial charge in [0.1, 0.15) is 18.1 Å². The van der Waals surface area contributed by atoms with Gasteiger partial charge in [0.25, 0.3) is 11.8 Å². The summed E-state index contributed by atoms with van der Waals surface area (Å²) < 4.78 is 11.2. The van der Waals surface area contributed by atoms with Crippen LogP contribution in [0, 0.1) is 10.8 Å². The Labute approximate surface area is 413 Å². The number of thiophene rings is 2. The molecule has 3 N–H and O–H groups in total. The van der Waals surface area contributed by atoms with Crippen LogP contribution in [-0.4, -0.2) is 63.7 Å². The van der Waals surface area contributed by atoms with Gasteiger partial charge in [-0.15, -0.1) is 0 Å². The van der Waals surface area contributed by atoms with E-state index in [2.05, 4.69) is 0 Å². The van der Waals surface area contributed by atoms with Crippen molar-refractivity contribution < 1.29 is 53.6 Å². The van der Waals surface area contributed by atoms with E-state index in [0.29, 0.717) is 28.3 Å². The fraction of sp³-hybridized carbons (Fsp3) is 0.236. The van der Waals surface area contributed by atoms with Crippen molar-refractivity contribution in [1.82, 2.24) is 0 Å². The molecule has 0 fully saturated rings. The predicted octanol–water partition coefficient (Wildman–Crippen LogP) is 11.3. The molecule has 0 radical (unpaired) electrons. The lowest BCUT2D eigenvalue weighted by molar-refractivity contribution is -0.139. The normalized spacial score (nSPS) is 16.0. The average Bonchev–Trinajstić information content (AvgIpc) is 4.16. The third kappa shape index (κ3) is 10.5. The van der Waals surface area contributed by atoms with Gasteiger partial charge in [0, 0.05) is 33.3 Å². The Morgan fingerprint density at radius 2 is 0.914 bits per heavy atom. The largest absolute Gasteiger partial charge is 0.503 e. The van der Waals surface area contributed by atoms with E-state index in [0.717, 1.165) is 22.3 Å². The molecule has 4 heterocycles. The van der Waals surface area contributed by atoms with Gasteiger partial charge in [0.15, 0.2) is 35.5 Å². The quantitative estimate of drug-likeness (QED) is 0.0942. The summed E-state index contributed by atoms with van der Waals surface area (Å²) in [5.41, 5.74) is 4.26. The second-order valence-corrected chi connectivity index (χ2v) is 20.3. The van der Waals surface area contributed by atoms with Crippen molar-refractivity contribution in [3.63, 3.8) is 0 Å². The Morgan fingerprint density at radius 3 is 1.24 bits per heavy atom. The number of aliphatic hydroxyl groups excluding tert-OH is 2. The molecule has 0 spiro atoms. The van der Waals surface area contributed by atoms with Gasteiger partial charge >= 0.3 is 5.97 Å². The zero-order chi connectivity index (χ0) is 50.7. The summed E-state index contributed by atoms with van der Waals surface area (Å²) in [4.78, 5) is 79.2. The second kappa shape index (κ2) is 20.5. The number of aliphatic carboxylic acids is 1. The Balaban J connectivity index is 0.000000206. The van der Waals surface area contributed by atoms with Crippen LogP contribution in [0.25, 0.3) is 22.3 Å². The zero-order valence-corrected chi connectivity index (χ0v) is 41.2. The predicted molar refractivity (Wildman–Crippen MR) is 270 cm³/mol. The summed E-state index contributed by atoms with van der Waals surface area (Å²) in [6.45, 7) is 11.0. The maximum atomic E-state index is 13.5. The molecule has 2 atom stereocenters. The van der Waals surface area contributed by atoms with Crippen molar-refractivity contribution in [3.05, 3.63) is 165 Å². The maximum Gasteiger partial charge on any atom is 0.341 e. The molecule has 13 nitrogen and oxygen atoms in total. The highest BCUT2D eigenvalue weighted by molar-refractivity contribution is 7.08. The van der Waals surface area contributed by atoms with Crippen LogP contribution in [0.2, 0.25) is 0 Å². The van der Waals surface area contributed by atoms with Gasteiger partial charge in [-0.3, -0.25) is 33.8 Å². The standard InChI is InChI=1S/C28H27NO5S.C27H25NO6S/c1-17(30)15-34-22-8-6-5-7-21(22)24-23(26(32)28(2,3)4)25(31)27(33)29(24)20-11-9-18(10-12-20)19-13-14-35-16-19;1-27(2,3)25(32)22-23(19-6-4-5-7-20(19)34-14-21(29)30)28(26(33)24(22)31)18-10-8-16(9-11-18)17-12-13-35-15-17/h5-14,16,24,31H,15H2,1-4H3;4-13,15,23,31H,14H2,1-3H3,(H,29,30). The highest BCUT2D eigenvalue weighted by Crippen LogP contribution is 2.48. The highest BCUT2D eigenvalue weighted by atomic mass is 32.1. The van der Waals surface area contributed by atoms with E-state index in [1.54, 1.807) is 137 Å². The number of nitrogens with zero attached hydrogens (tertiary/aromatic N) is 2. The molecule has 360 valence electrons. The Morgan fingerprint density at radius 1 is 0.543 bits per heavy atom. The molecular formula is C55H52N2O11S2. The minimum Gasteiger partial charge on any atom is -0.503 e. The van der Waals surface area contributed by atoms with Gasteiger partial charge < -0.3 is 24.8 Å². The van der Waals surface area contributed by atoms with Crippen molar-refractivity contribution >= 4 is 69.2 Å². The second-order valence-electron chi connectivity index (χ2n) is 18.7. The topological polar surface area (TPSA) is 188 Å². The zero-order valence-electron chi connectivity index (χ0n) is 39.6. The number of carbonyl (C=O) groups excluding carboxylic acids is 5. The summed E-state index contributed by atoms with van der Waals surface area (Å²) in [6.07, 6.45) is 0. The molecule has 2 aliphatic rings. The van der Waals surface area contributed by atoms with Crippen molar-refractivity contribution in [3.8, 4) is 33.8 Å². The monoisotopic (exact) mass is 980 g/mol. The summed E-state index contributed by atoms with van der Waals surface area (Å²) in [5.74, 6) is -4.03. The Bertz CT molecular complexity index is 2810. The number of rotatable bonds is 14. The molecule has 2 aromatic heterocycles. The van der Waals surface area contributed by atoms with Crippen LogP contribution in [0.1, 0.15) is 71.7 Å². The highest BCUT2D eigenvalue weighted by Gasteiger charge is 2.49. The van der Waals surface area contributed by atoms with E-state index >= 15 is 0 Å². The van der Waals surface area contributed by atoms with Gasteiger partial charge in [-0.1, -0.05) is 102 Å². The first-order chi connectivity index (χ1) is 33.2. The number of carboxylic acid groups (broad SMARTS) is 1. The number of benzene rings is 4. The smallest absolute Gasteiger partial charge is 0.341 e. The van der Waals surface area contributed by atoms with E-state index < -0.39 is 64.6 Å². The molecule has 8 rings (SSSR count). The van der Waals surface area contributed by atoms with Crippen molar-refractivity contribution in [1.29, 1.82) is 0 Å². The molecule has 6 aromatic rings. The molecule has 0 bridgehead atoms. The number of carbonyl (C=O) groups is 6. The molecule has 2 unspecified atom stereocenters. The van der Waals surface area contributed by atoms with Gasteiger partial charge in [-0.25, -0.2) is 4.79 Å². The molecule has 2 amide bonds. The van der Waals surface area contributed by atoms with Crippen LogP contribution >= 0.6 is 22.7 Å². The molecule has 15 heteroatoms. The Hall–Kier alpha value is -7.62. The van der Waals surface area contributed by atoms with Crippen molar-refractivity contribution in [2.45, 2.75) is 60.5 Å². The molecular weight excluding hydrogens is 929 g/mol. The lowest BCUT2D eigenvalue weighted by Crippen LogP contribution is -2.33. The number of para-hydroxylation sites is 2. The fourth-order valence-electron chi connectivity index (χ4n) is 8.08. The number of anilines is 2. The number of carboxylic acids is 1. The Kier molecular flexibility index (Phi) is 14.7. The van der Waals surface area contributed by atoms with Gasteiger partial charge in [-0.05, 0) is 99.2 Å². The molecule has 4 aromatic carbocycles. The molecule has 2 aliphatic heterocycles. The summed E-state index contributed by atoms with van der Waals surface area (Å²) >= 11 is 3.18. The molecule has 70 heavy (non-hydrogen) atoms. The fourth-order valence-corrected chi connectivity index (χ4v) is 9.41. The molecule has 0 aliphatic carbocycles. The van der Waals surface area contributed by atoms with E-state index in [-0.39, 0.29) is 35.1 Å². The number of hydrogen-bond donors (Lipinski definition) is 3. The number of hydrogen-bond acceptors (Lipinski definition) is 12. The third-order valence-corrected chi connectivity index (χ3v) is 12.8. The van der Waals surface area contributed by atoms with Crippen molar-refractivity contribution in [2.75, 3.05) is 23.0 Å². The van der Waals surface area contributed by atoms with Crippen LogP contribution in [-0.2, 0) is 28.8 Å². The van der Waals surface area contributed by atoms with Gasteiger partial charge in [0.05, 0.1) is 23.2 Å². The van der Waals surface area contributed by atoms with E-state index in [4.69, 9.17) is 14.6 Å². The van der Waals surface area contributed by atoms with E-state index in [1.807, 2.05) is 57.9 Å². The molecule has 0 saturated carbocycles. The van der Waals surface area contributed by atoms with Crippen LogP contribution in [0.15, 0.2) is 153 Å². The van der Waals surface area contributed by atoms with Crippen molar-refractivity contribution in [2.24, 2.45) is 10.8 Å². The first kappa shape index (κ1) is 50.3. The summed E-state index contributed by atoms with van der Waals surface area (Å²) in [5, 5.41) is 39.0. The number of Topliss-reactive ketones (excluding diaryl/α,β-unsaturated/α-hetero) is 3. The average molecular weight is 981 g/mol. The summed E-state index contributed by atoms with van der Waals surface area (Å²) in [7, 11) is 0. The SMILES string of the molecule is CC(=O)COc1ccccc1C1C(C(=O)C(C)(C)C)=C(O)C(=O)N1c1ccc(-c2ccsc2)cc1.CC(C)(C)C(=O)C1=C(O)C(=O)N(c2ccc(-c3ccsc3)cc2)C1c1ccccc1OCC(=O)O. The maximum absolute atomic E-state index is 13.5. The van der Waals surface area contributed by atoms with Gasteiger partial charge in [0.2, 0.25) is 0 Å². The first-order valence-electron chi connectivity index (χ1n) is 22.2. The minimum atomic E-state index is -1.16. The first-order valence-corrected chi connectivity index (χ1v) is 24.1. The number of ether oxygens (including phenoxy) is 2. The lowest BCUT2D eigenvalue weighted by Gasteiger charge is -2.30. The third-order valence-electron chi connectivity index (χ3n) is 11.5. The van der Waals surface area contributed by atoms with Gasteiger partial charge in [-0.2, -0.15) is 22.7 Å². The van der Waals surface area contributed by atoms with E-state index in [9.17, 15) is 39.0 Å². The summed E-state index contributed by atoms with van der Waals surface area (Å²) in [6, 6.07) is 30.4. The lowest BCUT2D eigenvalue weighted by atomic mass is 9.82. The minimum absolute atomic E-state index is 0.0169. The van der Waals surface area contributed by atoms with Crippen LogP contribution in [0.4, 0.5) is 11.4 Å². The molecule has 0 saturated heterocycles. The van der Waals surface area contributed by atoms with E-state index in [1.165, 1.54) is 16.7 Å². The van der Waals surface area contributed by atoms with Crippen LogP contribution in [0.3, 0.4) is 0 Å². The van der Waals surface area contributed by atoms with Crippen LogP contribution < -0.4 is 19.3 Å². The van der Waals surface area contributed by atoms with Crippen LogP contribution in [0.5, 0.6) is 11.5 Å². The number of amides is 2. The number of ketones is 3. The number of aliphatic hydroxyl groups is 2.